The SMILES string of the molecule is Cn1nc(C(=O)O)nc1N1CCC(C(=O)N2CCc3ccccc3C2)CC1. The number of nitrogens with zero attached hydrogens (tertiary/aromatic N) is 5. The van der Waals surface area contributed by atoms with E-state index < -0.39 is 5.97 Å². The molecule has 0 unspecified atom stereocenters. The first-order chi connectivity index (χ1) is 13.0. The van der Waals surface area contributed by atoms with E-state index in [1.165, 1.54) is 15.8 Å². The number of aromatic nitrogens is 3. The highest BCUT2D eigenvalue weighted by atomic mass is 16.4. The van der Waals surface area contributed by atoms with Crippen LogP contribution in [0.2, 0.25) is 0 Å². The summed E-state index contributed by atoms with van der Waals surface area (Å²) in [7, 11) is 1.69. The Balaban J connectivity index is 1.38. The average molecular weight is 369 g/mol. The van der Waals surface area contributed by atoms with Crippen LogP contribution in [0.1, 0.15) is 34.6 Å². The van der Waals surface area contributed by atoms with Gasteiger partial charge in [0.15, 0.2) is 0 Å². The molecule has 0 spiro atoms. The number of amides is 1. The van der Waals surface area contributed by atoms with Crippen LogP contribution in [0.5, 0.6) is 0 Å². The zero-order chi connectivity index (χ0) is 19.0. The maximum absolute atomic E-state index is 13.0. The van der Waals surface area contributed by atoms with Gasteiger partial charge >= 0.3 is 5.97 Å². The summed E-state index contributed by atoms with van der Waals surface area (Å²) in [5, 5.41) is 13.0. The minimum Gasteiger partial charge on any atom is -0.475 e. The Morgan fingerprint density at radius 2 is 1.81 bits per heavy atom. The molecule has 27 heavy (non-hydrogen) atoms. The Hall–Kier alpha value is -2.90. The highest BCUT2D eigenvalue weighted by Gasteiger charge is 2.31. The number of hydrogen-bond donors (Lipinski definition) is 1. The molecule has 1 aromatic heterocycles. The number of aryl methyl sites for hydroxylation is 1. The van der Waals surface area contributed by atoms with Gasteiger partial charge in [0.1, 0.15) is 0 Å². The summed E-state index contributed by atoms with van der Waals surface area (Å²) in [4.78, 5) is 32.1. The molecule has 1 aromatic carbocycles. The molecule has 8 nitrogen and oxygen atoms in total. The summed E-state index contributed by atoms with van der Waals surface area (Å²) in [5.41, 5.74) is 2.59. The number of carbonyl (C=O) groups excluding carboxylic acids is 1. The molecule has 0 saturated carbocycles. The Kier molecular flexibility index (Phi) is 4.55. The molecule has 4 rings (SSSR count). The minimum absolute atomic E-state index is 0.0127. The second-order valence-corrected chi connectivity index (χ2v) is 7.20. The quantitative estimate of drug-likeness (QED) is 0.877. The van der Waals surface area contributed by atoms with E-state index in [-0.39, 0.29) is 17.6 Å². The van der Waals surface area contributed by atoms with Gasteiger partial charge in [-0.2, -0.15) is 4.98 Å². The van der Waals surface area contributed by atoms with Crippen LogP contribution in [-0.2, 0) is 24.8 Å². The van der Waals surface area contributed by atoms with Gasteiger partial charge in [0.25, 0.3) is 5.82 Å². The fourth-order valence-electron chi connectivity index (χ4n) is 4.01. The number of piperidine rings is 1. The zero-order valence-electron chi connectivity index (χ0n) is 15.3. The average Bonchev–Trinajstić information content (AvgIpc) is 3.09. The Morgan fingerprint density at radius 1 is 1.11 bits per heavy atom. The van der Waals surface area contributed by atoms with E-state index in [9.17, 15) is 9.59 Å². The molecule has 0 bridgehead atoms. The largest absolute Gasteiger partial charge is 0.475 e. The van der Waals surface area contributed by atoms with Crippen LogP contribution in [0.3, 0.4) is 0 Å². The van der Waals surface area contributed by atoms with E-state index in [1.807, 2.05) is 21.9 Å². The standard InChI is InChI=1S/C19H23N5O3/c1-22-19(20-16(21-22)18(26)27)23-9-7-14(8-10-23)17(25)24-11-6-13-4-2-3-5-15(13)12-24/h2-5,14H,6-12H2,1H3,(H,26,27). The summed E-state index contributed by atoms with van der Waals surface area (Å²) in [5.74, 6) is -0.540. The molecule has 142 valence electrons. The lowest BCUT2D eigenvalue weighted by Gasteiger charge is -2.36. The summed E-state index contributed by atoms with van der Waals surface area (Å²) in [6.45, 7) is 2.82. The van der Waals surface area contributed by atoms with Crippen LogP contribution in [0.25, 0.3) is 0 Å². The van der Waals surface area contributed by atoms with Crippen LogP contribution >= 0.6 is 0 Å². The number of hydrogen-bond acceptors (Lipinski definition) is 5. The molecule has 2 aliphatic rings. The van der Waals surface area contributed by atoms with Crippen molar-refractivity contribution in [1.82, 2.24) is 19.7 Å². The number of benzene rings is 1. The van der Waals surface area contributed by atoms with Gasteiger partial charge in [-0.1, -0.05) is 24.3 Å². The second-order valence-electron chi connectivity index (χ2n) is 7.20. The molecule has 1 saturated heterocycles. The van der Waals surface area contributed by atoms with Gasteiger partial charge in [0, 0.05) is 39.1 Å². The van der Waals surface area contributed by atoms with Crippen molar-refractivity contribution in [3.63, 3.8) is 0 Å². The lowest BCUT2D eigenvalue weighted by atomic mass is 9.93. The van der Waals surface area contributed by atoms with Crippen LogP contribution < -0.4 is 4.90 Å². The maximum atomic E-state index is 13.0. The van der Waals surface area contributed by atoms with Gasteiger partial charge in [-0.05, 0) is 30.4 Å². The second kappa shape index (κ2) is 7.02. The van der Waals surface area contributed by atoms with Crippen molar-refractivity contribution in [3.05, 3.63) is 41.2 Å². The summed E-state index contributed by atoms with van der Waals surface area (Å²) < 4.78 is 1.49. The minimum atomic E-state index is -1.13. The van der Waals surface area contributed by atoms with E-state index in [2.05, 4.69) is 22.2 Å². The molecule has 0 atom stereocenters. The van der Waals surface area contributed by atoms with Gasteiger partial charge in [-0.15, -0.1) is 5.10 Å². The number of carbonyl (C=O) groups is 2. The summed E-state index contributed by atoms with van der Waals surface area (Å²) in [6.07, 6.45) is 2.40. The van der Waals surface area contributed by atoms with Crippen molar-refractivity contribution < 1.29 is 14.7 Å². The molecule has 1 fully saturated rings. The molecular weight excluding hydrogens is 346 g/mol. The zero-order valence-corrected chi connectivity index (χ0v) is 15.3. The van der Waals surface area contributed by atoms with Crippen molar-refractivity contribution in [2.24, 2.45) is 13.0 Å². The summed E-state index contributed by atoms with van der Waals surface area (Å²) in [6, 6.07) is 8.32. The predicted molar refractivity (Wildman–Crippen MR) is 98.5 cm³/mol. The molecule has 8 heteroatoms. The van der Waals surface area contributed by atoms with E-state index >= 15 is 0 Å². The Bertz CT molecular complexity index is 870. The lowest BCUT2D eigenvalue weighted by molar-refractivity contribution is -0.137. The molecule has 0 aliphatic carbocycles. The van der Waals surface area contributed by atoms with Crippen LogP contribution in [0.15, 0.2) is 24.3 Å². The number of aromatic carboxylic acids is 1. The van der Waals surface area contributed by atoms with Gasteiger partial charge < -0.3 is 14.9 Å². The van der Waals surface area contributed by atoms with Crippen LogP contribution in [-0.4, -0.2) is 56.3 Å². The third-order valence-corrected chi connectivity index (χ3v) is 5.50. The molecule has 0 radical (unpaired) electrons. The van der Waals surface area contributed by atoms with Gasteiger partial charge in [-0.25, -0.2) is 9.48 Å². The van der Waals surface area contributed by atoms with Crippen molar-refractivity contribution in [2.75, 3.05) is 24.5 Å². The maximum Gasteiger partial charge on any atom is 0.375 e. The highest BCUT2D eigenvalue weighted by Crippen LogP contribution is 2.26. The third-order valence-electron chi connectivity index (χ3n) is 5.50. The fraction of sp³-hybridized carbons (Fsp3) is 0.474. The number of rotatable bonds is 3. The van der Waals surface area contributed by atoms with Crippen LogP contribution in [0.4, 0.5) is 5.95 Å². The first-order valence-electron chi connectivity index (χ1n) is 9.28. The molecular formula is C19H23N5O3. The monoisotopic (exact) mass is 369 g/mol. The van der Waals surface area contributed by atoms with E-state index in [4.69, 9.17) is 5.11 Å². The van der Waals surface area contributed by atoms with Crippen molar-refractivity contribution in [1.29, 1.82) is 0 Å². The fourth-order valence-corrected chi connectivity index (χ4v) is 4.01. The highest BCUT2D eigenvalue weighted by molar-refractivity contribution is 5.83. The Labute approximate surface area is 157 Å². The topological polar surface area (TPSA) is 91.6 Å². The van der Waals surface area contributed by atoms with Crippen molar-refractivity contribution >= 4 is 17.8 Å². The molecule has 2 aromatic rings. The number of carboxylic acid groups (broad SMARTS) is 1. The first kappa shape index (κ1) is 17.5. The predicted octanol–water partition coefficient (Wildman–Crippen LogP) is 1.31. The number of anilines is 1. The van der Waals surface area contributed by atoms with Crippen molar-refractivity contribution in [2.45, 2.75) is 25.8 Å². The number of carboxylic acids is 1. The van der Waals surface area contributed by atoms with Gasteiger partial charge in [0.2, 0.25) is 11.9 Å². The molecule has 2 aliphatic heterocycles. The van der Waals surface area contributed by atoms with Crippen LogP contribution in [0, 0.1) is 5.92 Å². The summed E-state index contributed by atoms with van der Waals surface area (Å²) >= 11 is 0. The van der Waals surface area contributed by atoms with Gasteiger partial charge in [0.05, 0.1) is 0 Å². The van der Waals surface area contributed by atoms with E-state index in [1.54, 1.807) is 7.05 Å². The smallest absolute Gasteiger partial charge is 0.375 e. The van der Waals surface area contributed by atoms with E-state index in [0.29, 0.717) is 25.6 Å². The Morgan fingerprint density at radius 3 is 2.48 bits per heavy atom. The molecule has 1 amide bonds. The third kappa shape index (κ3) is 3.39. The van der Waals surface area contributed by atoms with E-state index in [0.717, 1.165) is 25.8 Å². The van der Waals surface area contributed by atoms with Crippen molar-refractivity contribution in [3.8, 4) is 0 Å². The van der Waals surface area contributed by atoms with Gasteiger partial charge in [-0.3, -0.25) is 4.79 Å². The molecule has 1 N–H and O–H groups in total. The molecule has 3 heterocycles. The lowest BCUT2D eigenvalue weighted by Crippen LogP contribution is -2.44. The normalized spacial score (nSPS) is 17.7. The number of fused-ring (bicyclic) bond motifs is 1. The first-order valence-corrected chi connectivity index (χ1v) is 9.28.